The fourth-order valence-electron chi connectivity index (χ4n) is 2.25. The van der Waals surface area contributed by atoms with Crippen molar-refractivity contribution < 1.29 is 8.42 Å². The van der Waals surface area contributed by atoms with Crippen molar-refractivity contribution in [2.24, 2.45) is 5.92 Å². The minimum absolute atomic E-state index is 0.406. The predicted molar refractivity (Wildman–Crippen MR) is 76.2 cm³/mol. The van der Waals surface area contributed by atoms with E-state index < -0.39 is 10.0 Å². The lowest BCUT2D eigenvalue weighted by Crippen LogP contribution is -2.28. The number of alkyl halides is 1. The van der Waals surface area contributed by atoms with Gasteiger partial charge in [-0.05, 0) is 30.0 Å². The van der Waals surface area contributed by atoms with Gasteiger partial charge >= 0.3 is 0 Å². The molecule has 1 aliphatic rings. The third-order valence-electron chi connectivity index (χ3n) is 3.54. The van der Waals surface area contributed by atoms with E-state index in [2.05, 4.69) is 22.9 Å². The van der Waals surface area contributed by atoms with Gasteiger partial charge in [0, 0.05) is 18.4 Å². The zero-order valence-corrected chi connectivity index (χ0v) is 12.9. The first-order valence-corrected chi connectivity index (χ1v) is 8.79. The number of benzene rings is 1. The van der Waals surface area contributed by atoms with E-state index in [0.29, 0.717) is 23.9 Å². The number of hydrogen-bond donors (Lipinski definition) is 0. The van der Waals surface area contributed by atoms with Crippen molar-refractivity contribution in [1.29, 1.82) is 0 Å². The van der Waals surface area contributed by atoms with Crippen LogP contribution in [-0.4, -0.2) is 25.8 Å². The van der Waals surface area contributed by atoms with Crippen molar-refractivity contribution >= 4 is 26.0 Å². The fourth-order valence-corrected chi connectivity index (χ4v) is 4.15. The summed E-state index contributed by atoms with van der Waals surface area (Å²) in [6, 6.07) is 7.11. The molecule has 0 spiro atoms. The topological polar surface area (TPSA) is 37.4 Å². The Morgan fingerprint density at radius 1 is 1.33 bits per heavy atom. The molecule has 1 heterocycles. The lowest BCUT2D eigenvalue weighted by Gasteiger charge is -2.16. The van der Waals surface area contributed by atoms with Crippen molar-refractivity contribution in [2.45, 2.75) is 30.0 Å². The maximum absolute atomic E-state index is 12.4. The molecular weight excluding hydrogens is 314 g/mol. The summed E-state index contributed by atoms with van der Waals surface area (Å²) < 4.78 is 26.4. The molecule has 1 atom stereocenters. The number of sulfonamides is 1. The molecule has 5 heteroatoms. The van der Waals surface area contributed by atoms with E-state index in [0.717, 1.165) is 23.7 Å². The fraction of sp³-hybridized carbons (Fsp3) is 0.538. The van der Waals surface area contributed by atoms with E-state index in [4.69, 9.17) is 0 Å². The maximum atomic E-state index is 12.4. The molecule has 0 saturated carbocycles. The highest BCUT2D eigenvalue weighted by Gasteiger charge is 2.31. The Balaban J connectivity index is 2.20. The van der Waals surface area contributed by atoms with Gasteiger partial charge in [0.25, 0.3) is 0 Å². The third kappa shape index (κ3) is 2.78. The number of nitrogens with zero attached hydrogens (tertiary/aromatic N) is 1. The average molecular weight is 332 g/mol. The third-order valence-corrected chi connectivity index (χ3v) is 6.07. The highest BCUT2D eigenvalue weighted by Crippen LogP contribution is 2.26. The molecule has 0 bridgehead atoms. The summed E-state index contributed by atoms with van der Waals surface area (Å²) in [5, 5.41) is 0.745. The van der Waals surface area contributed by atoms with E-state index in [9.17, 15) is 8.42 Å². The summed E-state index contributed by atoms with van der Waals surface area (Å²) in [6.07, 6.45) is 2.03. The van der Waals surface area contributed by atoms with Gasteiger partial charge in [0.15, 0.2) is 0 Å². The molecule has 0 amide bonds. The monoisotopic (exact) mass is 331 g/mol. The molecule has 18 heavy (non-hydrogen) atoms. The van der Waals surface area contributed by atoms with Crippen molar-refractivity contribution in [1.82, 2.24) is 4.31 Å². The van der Waals surface area contributed by atoms with Gasteiger partial charge in [-0.1, -0.05) is 41.4 Å². The van der Waals surface area contributed by atoms with Gasteiger partial charge in [-0.15, -0.1) is 0 Å². The first-order valence-electron chi connectivity index (χ1n) is 6.23. The highest BCUT2D eigenvalue weighted by molar-refractivity contribution is 9.08. The van der Waals surface area contributed by atoms with E-state index in [1.807, 2.05) is 12.1 Å². The van der Waals surface area contributed by atoms with Crippen LogP contribution >= 0.6 is 15.9 Å². The van der Waals surface area contributed by atoms with Crippen LogP contribution in [0.3, 0.4) is 0 Å². The Labute approximate surface area is 117 Å². The second-order valence-corrected chi connectivity index (χ2v) is 7.20. The largest absolute Gasteiger partial charge is 0.243 e. The van der Waals surface area contributed by atoms with Crippen LogP contribution in [0.5, 0.6) is 0 Å². The minimum atomic E-state index is -3.29. The van der Waals surface area contributed by atoms with Gasteiger partial charge in [0.1, 0.15) is 0 Å². The van der Waals surface area contributed by atoms with Gasteiger partial charge in [0.05, 0.1) is 4.90 Å². The Morgan fingerprint density at radius 2 is 2.00 bits per heavy atom. The zero-order chi connectivity index (χ0) is 13.2. The average Bonchev–Trinajstić information content (AvgIpc) is 2.88. The molecule has 0 aliphatic carbocycles. The van der Waals surface area contributed by atoms with Gasteiger partial charge in [0.2, 0.25) is 10.0 Å². The van der Waals surface area contributed by atoms with Crippen molar-refractivity contribution in [3.63, 3.8) is 0 Å². The van der Waals surface area contributed by atoms with Gasteiger partial charge < -0.3 is 0 Å². The quantitative estimate of drug-likeness (QED) is 0.795. The predicted octanol–water partition coefficient (Wildman–Crippen LogP) is 3.00. The van der Waals surface area contributed by atoms with Crippen molar-refractivity contribution in [2.75, 3.05) is 13.1 Å². The Morgan fingerprint density at radius 3 is 2.50 bits per heavy atom. The molecule has 1 aliphatic heterocycles. The van der Waals surface area contributed by atoms with Crippen molar-refractivity contribution in [3.8, 4) is 0 Å². The molecule has 0 aromatic heterocycles. The van der Waals surface area contributed by atoms with Crippen LogP contribution in [-0.2, 0) is 15.4 Å². The van der Waals surface area contributed by atoms with E-state index >= 15 is 0 Å². The van der Waals surface area contributed by atoms with Gasteiger partial charge in [-0.2, -0.15) is 4.31 Å². The second-order valence-electron chi connectivity index (χ2n) is 4.70. The Hall–Kier alpha value is -0.390. The Bertz CT molecular complexity index is 498. The summed E-state index contributed by atoms with van der Waals surface area (Å²) in [6.45, 7) is 3.44. The zero-order valence-electron chi connectivity index (χ0n) is 10.5. The standard InChI is InChI=1S/C13H18BrNO2S/c1-2-11-7-8-15(10-11)18(16,17)13-5-3-12(9-14)4-6-13/h3-6,11H,2,7-10H2,1H3. The summed E-state index contributed by atoms with van der Waals surface area (Å²) in [5.41, 5.74) is 1.09. The summed E-state index contributed by atoms with van der Waals surface area (Å²) >= 11 is 3.36. The summed E-state index contributed by atoms with van der Waals surface area (Å²) in [4.78, 5) is 0.406. The van der Waals surface area contributed by atoms with Crippen LogP contribution in [0.15, 0.2) is 29.2 Å². The van der Waals surface area contributed by atoms with Crippen LogP contribution in [0.2, 0.25) is 0 Å². The van der Waals surface area contributed by atoms with Crippen LogP contribution in [0, 0.1) is 5.92 Å². The second kappa shape index (κ2) is 5.72. The molecule has 1 unspecified atom stereocenters. The smallest absolute Gasteiger partial charge is 0.207 e. The molecule has 1 aromatic rings. The number of halogens is 1. The van der Waals surface area contributed by atoms with E-state index in [-0.39, 0.29) is 0 Å². The number of rotatable bonds is 4. The minimum Gasteiger partial charge on any atom is -0.207 e. The summed E-state index contributed by atoms with van der Waals surface area (Å²) in [7, 11) is -3.29. The molecule has 3 nitrogen and oxygen atoms in total. The lowest BCUT2D eigenvalue weighted by atomic mass is 10.1. The Kier molecular flexibility index (Phi) is 4.45. The van der Waals surface area contributed by atoms with E-state index in [1.54, 1.807) is 16.4 Å². The van der Waals surface area contributed by atoms with Crippen LogP contribution in [0.1, 0.15) is 25.3 Å². The molecule has 1 aromatic carbocycles. The van der Waals surface area contributed by atoms with Crippen LogP contribution in [0.25, 0.3) is 0 Å². The summed E-state index contributed by atoms with van der Waals surface area (Å²) in [5.74, 6) is 0.515. The van der Waals surface area contributed by atoms with E-state index in [1.165, 1.54) is 0 Å². The van der Waals surface area contributed by atoms with Gasteiger partial charge in [-0.25, -0.2) is 8.42 Å². The molecule has 2 rings (SSSR count). The molecule has 0 N–H and O–H groups in total. The molecule has 1 fully saturated rings. The van der Waals surface area contributed by atoms with Crippen LogP contribution < -0.4 is 0 Å². The first kappa shape index (κ1) is 14.0. The molecule has 1 saturated heterocycles. The lowest BCUT2D eigenvalue weighted by molar-refractivity contribution is 0.453. The normalized spacial score (nSPS) is 21.3. The molecule has 100 valence electrons. The number of hydrogen-bond acceptors (Lipinski definition) is 2. The maximum Gasteiger partial charge on any atom is 0.243 e. The van der Waals surface area contributed by atoms with Crippen molar-refractivity contribution in [3.05, 3.63) is 29.8 Å². The molecule has 0 radical (unpaired) electrons. The van der Waals surface area contributed by atoms with Gasteiger partial charge in [-0.3, -0.25) is 0 Å². The van der Waals surface area contributed by atoms with Crippen LogP contribution in [0.4, 0.5) is 0 Å². The SMILES string of the molecule is CCC1CCN(S(=O)(=O)c2ccc(CBr)cc2)C1. The first-order chi connectivity index (χ1) is 8.57. The highest BCUT2D eigenvalue weighted by atomic mass is 79.9. The molecular formula is C13H18BrNO2S.